The highest BCUT2D eigenvalue weighted by atomic mass is 16.7. The Balaban J connectivity index is 1.26. The number of fused-ring (bicyclic) bond motifs is 2. The summed E-state index contributed by atoms with van der Waals surface area (Å²) in [5, 5.41) is 12.5. The van der Waals surface area contributed by atoms with Crippen molar-refractivity contribution in [1.29, 1.82) is 0 Å². The largest absolute Gasteiger partial charge is 0.512 e. The molecule has 0 aliphatic rings. The first-order chi connectivity index (χ1) is 20.2. The molecule has 6 nitrogen and oxygen atoms in total. The van der Waals surface area contributed by atoms with E-state index < -0.39 is 6.16 Å². The van der Waals surface area contributed by atoms with Crippen molar-refractivity contribution in [3.8, 4) is 22.8 Å². The SMILES string of the molecule is O=C(O)Oc1[nH]c2c(/C=C/c3ccccc3-c3cccnc3)cccc2c1CCCOc1cccc2ccccc12. The van der Waals surface area contributed by atoms with Gasteiger partial charge in [-0.25, -0.2) is 4.79 Å². The average Bonchev–Trinajstić information content (AvgIpc) is 3.35. The Morgan fingerprint density at radius 1 is 0.829 bits per heavy atom. The molecule has 2 heterocycles. The van der Waals surface area contributed by atoms with Crippen molar-refractivity contribution < 1.29 is 19.4 Å². The highest BCUT2D eigenvalue weighted by molar-refractivity contribution is 5.95. The molecule has 2 aromatic heterocycles. The lowest BCUT2D eigenvalue weighted by molar-refractivity contribution is 0.142. The van der Waals surface area contributed by atoms with Gasteiger partial charge in [0.05, 0.1) is 12.1 Å². The van der Waals surface area contributed by atoms with Gasteiger partial charge in [0, 0.05) is 34.3 Å². The number of hydrogen-bond donors (Lipinski definition) is 2. The Morgan fingerprint density at radius 2 is 1.59 bits per heavy atom. The third kappa shape index (κ3) is 5.68. The van der Waals surface area contributed by atoms with Gasteiger partial charge in [-0.1, -0.05) is 97.1 Å². The van der Waals surface area contributed by atoms with Crippen LogP contribution in [0.4, 0.5) is 4.79 Å². The van der Waals surface area contributed by atoms with E-state index >= 15 is 0 Å². The van der Waals surface area contributed by atoms with Crippen molar-refractivity contribution in [1.82, 2.24) is 9.97 Å². The van der Waals surface area contributed by atoms with Crippen molar-refractivity contribution in [2.45, 2.75) is 12.8 Å². The quantitative estimate of drug-likeness (QED) is 0.109. The summed E-state index contributed by atoms with van der Waals surface area (Å²) >= 11 is 0. The van der Waals surface area contributed by atoms with Crippen LogP contribution in [0.5, 0.6) is 11.6 Å². The molecule has 0 unspecified atom stereocenters. The van der Waals surface area contributed by atoms with E-state index in [1.165, 1.54) is 0 Å². The van der Waals surface area contributed by atoms with Gasteiger partial charge in [0.1, 0.15) is 5.75 Å². The Bertz CT molecular complexity index is 1850. The normalized spacial score (nSPS) is 11.3. The summed E-state index contributed by atoms with van der Waals surface area (Å²) in [6.07, 6.45) is 7.63. The molecule has 0 atom stereocenters. The molecule has 6 aromatic rings. The number of carboxylic acid groups (broad SMARTS) is 1. The number of pyridine rings is 1. The van der Waals surface area contributed by atoms with Crippen molar-refractivity contribution in [3.05, 3.63) is 126 Å². The smallest absolute Gasteiger partial charge is 0.493 e. The predicted molar refractivity (Wildman–Crippen MR) is 163 cm³/mol. The number of benzene rings is 4. The molecule has 202 valence electrons. The number of para-hydroxylation sites is 1. The van der Waals surface area contributed by atoms with E-state index in [0.29, 0.717) is 19.4 Å². The summed E-state index contributed by atoms with van der Waals surface area (Å²) in [7, 11) is 0. The van der Waals surface area contributed by atoms with Crippen LogP contribution in [-0.2, 0) is 6.42 Å². The Hall–Kier alpha value is -5.36. The van der Waals surface area contributed by atoms with Crippen LogP contribution in [0.25, 0.3) is 45.0 Å². The molecule has 0 saturated carbocycles. The number of carbonyl (C=O) groups is 1. The Kier molecular flexibility index (Phi) is 7.45. The van der Waals surface area contributed by atoms with Gasteiger partial charge in [-0.2, -0.15) is 0 Å². The van der Waals surface area contributed by atoms with Gasteiger partial charge in [-0.15, -0.1) is 0 Å². The van der Waals surface area contributed by atoms with Gasteiger partial charge >= 0.3 is 6.16 Å². The zero-order chi connectivity index (χ0) is 28.0. The van der Waals surface area contributed by atoms with E-state index in [1.54, 1.807) is 6.20 Å². The third-order valence-electron chi connectivity index (χ3n) is 7.08. The summed E-state index contributed by atoms with van der Waals surface area (Å²) in [5.74, 6) is 1.08. The summed E-state index contributed by atoms with van der Waals surface area (Å²) in [6.45, 7) is 0.484. The molecule has 0 bridgehead atoms. The fraction of sp³-hybridized carbons (Fsp3) is 0.0857. The first kappa shape index (κ1) is 25.9. The van der Waals surface area contributed by atoms with Crippen LogP contribution in [0.3, 0.4) is 0 Å². The zero-order valence-corrected chi connectivity index (χ0v) is 22.3. The molecular formula is C35H28N2O4. The van der Waals surface area contributed by atoms with E-state index in [4.69, 9.17) is 9.47 Å². The maximum Gasteiger partial charge on any atom is 0.512 e. The number of rotatable bonds is 9. The van der Waals surface area contributed by atoms with Gasteiger partial charge in [-0.3, -0.25) is 4.98 Å². The van der Waals surface area contributed by atoms with Gasteiger partial charge < -0.3 is 19.6 Å². The van der Waals surface area contributed by atoms with E-state index in [0.717, 1.165) is 55.2 Å². The monoisotopic (exact) mass is 540 g/mol. The lowest BCUT2D eigenvalue weighted by atomic mass is 9.99. The highest BCUT2D eigenvalue weighted by Gasteiger charge is 2.17. The van der Waals surface area contributed by atoms with Crippen LogP contribution < -0.4 is 9.47 Å². The van der Waals surface area contributed by atoms with Crippen LogP contribution in [0.2, 0.25) is 0 Å². The molecule has 41 heavy (non-hydrogen) atoms. The van der Waals surface area contributed by atoms with Crippen LogP contribution in [0, 0.1) is 0 Å². The lowest BCUT2D eigenvalue weighted by Crippen LogP contribution is -2.06. The van der Waals surface area contributed by atoms with Gasteiger partial charge in [0.25, 0.3) is 0 Å². The Morgan fingerprint density at radius 3 is 2.46 bits per heavy atom. The number of nitrogens with one attached hydrogen (secondary N) is 1. The van der Waals surface area contributed by atoms with E-state index in [1.807, 2.05) is 85.1 Å². The van der Waals surface area contributed by atoms with E-state index in [9.17, 15) is 9.90 Å². The number of hydrogen-bond acceptors (Lipinski definition) is 4. The minimum absolute atomic E-state index is 0.245. The number of aromatic amines is 1. The van der Waals surface area contributed by atoms with E-state index in [-0.39, 0.29) is 5.88 Å². The lowest BCUT2D eigenvalue weighted by Gasteiger charge is -2.09. The summed E-state index contributed by atoms with van der Waals surface area (Å²) in [4.78, 5) is 19.0. The second-order valence-corrected chi connectivity index (χ2v) is 9.66. The van der Waals surface area contributed by atoms with Crippen molar-refractivity contribution in [2.75, 3.05) is 6.61 Å². The molecule has 0 saturated heterocycles. The molecule has 6 heteroatoms. The van der Waals surface area contributed by atoms with Gasteiger partial charge in [0.15, 0.2) is 0 Å². The fourth-order valence-corrected chi connectivity index (χ4v) is 5.19. The zero-order valence-electron chi connectivity index (χ0n) is 22.3. The molecule has 0 aliphatic heterocycles. The van der Waals surface area contributed by atoms with Gasteiger partial charge in [0.2, 0.25) is 5.88 Å². The second kappa shape index (κ2) is 11.8. The molecule has 0 spiro atoms. The third-order valence-corrected chi connectivity index (χ3v) is 7.08. The van der Waals surface area contributed by atoms with E-state index in [2.05, 4.69) is 40.3 Å². The molecule has 2 N–H and O–H groups in total. The number of ether oxygens (including phenoxy) is 2. The fourth-order valence-electron chi connectivity index (χ4n) is 5.19. The van der Waals surface area contributed by atoms with Crippen molar-refractivity contribution >= 4 is 40.0 Å². The topological polar surface area (TPSA) is 84.4 Å². The summed E-state index contributed by atoms with van der Waals surface area (Å²) in [5.41, 5.74) is 5.74. The minimum Gasteiger partial charge on any atom is -0.493 e. The standard InChI is InChI=1S/C35H28N2O4/c38-35(39)41-34-31(17-8-22-40-32-18-6-11-24-9-2-4-15-29(24)32)30-16-5-12-26(33(30)37-34)20-19-25-10-1-3-14-28(25)27-13-7-21-36-23-27/h1-7,9-16,18-21,23,37H,8,17,22H2,(H,38,39)/b20-19+. The van der Waals surface area contributed by atoms with Crippen molar-refractivity contribution in [3.63, 3.8) is 0 Å². The summed E-state index contributed by atoms with van der Waals surface area (Å²) in [6, 6.07) is 32.2. The number of nitrogens with zero attached hydrogens (tertiary/aromatic N) is 1. The summed E-state index contributed by atoms with van der Waals surface area (Å²) < 4.78 is 11.3. The van der Waals surface area contributed by atoms with Crippen LogP contribution in [0.1, 0.15) is 23.1 Å². The predicted octanol–water partition coefficient (Wildman–Crippen LogP) is 8.62. The Labute approximate surface area is 237 Å². The van der Waals surface area contributed by atoms with Crippen LogP contribution >= 0.6 is 0 Å². The van der Waals surface area contributed by atoms with Crippen molar-refractivity contribution in [2.24, 2.45) is 0 Å². The molecule has 6 rings (SSSR count). The van der Waals surface area contributed by atoms with Gasteiger partial charge in [-0.05, 0) is 47.1 Å². The molecule has 0 amide bonds. The number of aromatic nitrogens is 2. The minimum atomic E-state index is -1.35. The molecule has 4 aromatic carbocycles. The molecule has 0 radical (unpaired) electrons. The molecule has 0 aliphatic carbocycles. The number of H-pyrrole nitrogens is 1. The number of aryl methyl sites for hydroxylation is 1. The second-order valence-electron chi connectivity index (χ2n) is 9.66. The molecule has 0 fully saturated rings. The first-order valence-corrected chi connectivity index (χ1v) is 13.5. The van der Waals surface area contributed by atoms with Crippen LogP contribution in [-0.4, -0.2) is 27.8 Å². The maximum atomic E-state index is 11.5. The first-order valence-electron chi connectivity index (χ1n) is 13.5. The maximum absolute atomic E-state index is 11.5. The van der Waals surface area contributed by atoms with Crippen LogP contribution in [0.15, 0.2) is 109 Å². The molecular weight excluding hydrogens is 512 g/mol. The average molecular weight is 541 g/mol. The highest BCUT2D eigenvalue weighted by Crippen LogP contribution is 2.33.